The largest absolute Gasteiger partial charge is 0.437 e. The predicted molar refractivity (Wildman–Crippen MR) is 485 cm³/mol. The molecule has 0 spiro atoms. The zero-order chi connectivity index (χ0) is 85.4. The minimum atomic E-state index is -0.764. The van der Waals surface area contributed by atoms with Crippen molar-refractivity contribution in [3.05, 3.63) is 238 Å². The molecule has 0 N–H and O–H groups in total. The van der Waals surface area contributed by atoms with Crippen LogP contribution in [0.15, 0.2) is 188 Å². The van der Waals surface area contributed by atoms with E-state index in [9.17, 15) is 0 Å². The Hall–Kier alpha value is -10.7. The van der Waals surface area contributed by atoms with Crippen molar-refractivity contribution in [3.63, 3.8) is 0 Å². The number of furan rings is 4. The number of fused-ring (bicyclic) bond motifs is 12. The van der Waals surface area contributed by atoms with Crippen LogP contribution >= 0.6 is 0 Å². The van der Waals surface area contributed by atoms with Crippen molar-refractivity contribution in [1.82, 2.24) is 19.9 Å². The summed E-state index contributed by atoms with van der Waals surface area (Å²) in [6.07, 6.45) is 14.6. The zero-order valence-electron chi connectivity index (χ0n) is 76.2. The quantitative estimate of drug-likeness (QED) is 0.111. The van der Waals surface area contributed by atoms with E-state index in [-0.39, 0.29) is 27.1 Å². The third-order valence-electron chi connectivity index (χ3n) is 22.1. The summed E-state index contributed by atoms with van der Waals surface area (Å²) < 4.78 is 42.6. The van der Waals surface area contributed by atoms with Gasteiger partial charge in [0, 0.05) is 121 Å². The number of rotatable bonds is 12. The third-order valence-corrected chi connectivity index (χ3v) is 22.1. The minimum Gasteiger partial charge on any atom is -0.437 e. The van der Waals surface area contributed by atoms with E-state index in [4.69, 9.17) is 34.0 Å². The molecule has 0 unspecified atom stereocenters. The fraction of sp³-hybridized carbons (Fsp3) is 0.390. The Kier molecular flexibility index (Phi) is 23.1. The number of pyridine rings is 8. The molecule has 0 aliphatic heterocycles. The van der Waals surface area contributed by atoms with Crippen molar-refractivity contribution in [2.45, 2.75) is 216 Å². The van der Waals surface area contributed by atoms with Crippen LogP contribution in [0.2, 0.25) is 0 Å². The number of nitrogens with zero attached hydrogens (tertiary/aromatic N) is 8. The summed E-state index contributed by atoms with van der Waals surface area (Å²) in [5.74, 6) is -0.193. The molecule has 0 bridgehead atoms. The van der Waals surface area contributed by atoms with Crippen molar-refractivity contribution in [1.29, 1.82) is 0 Å². The molecule has 16 aromatic rings. The zero-order valence-corrected chi connectivity index (χ0v) is 75.2. The Morgan fingerprint density at radius 2 is 0.607 bits per heavy atom. The van der Waals surface area contributed by atoms with Gasteiger partial charge < -0.3 is 17.7 Å². The highest BCUT2D eigenvalue weighted by atomic mass is 16.4. The first-order chi connectivity index (χ1) is 55.3. The van der Waals surface area contributed by atoms with Crippen LogP contribution in [0, 0.1) is 55.3 Å². The number of aryl methyl sites for hydroxylation is 9. The van der Waals surface area contributed by atoms with Gasteiger partial charge in [-0.15, -0.1) is 0 Å². The summed E-state index contributed by atoms with van der Waals surface area (Å²) >= 11 is 0. The first-order valence-electron chi connectivity index (χ1n) is 42.5. The van der Waals surface area contributed by atoms with Gasteiger partial charge in [-0.2, -0.15) is 0 Å². The summed E-state index contributed by atoms with van der Waals surface area (Å²) in [6, 6.07) is 52.3. The van der Waals surface area contributed by atoms with Gasteiger partial charge >= 0.3 is 0 Å². The lowest BCUT2D eigenvalue weighted by atomic mass is 9.87. The van der Waals surface area contributed by atoms with Crippen LogP contribution in [0.1, 0.15) is 213 Å². The van der Waals surface area contributed by atoms with E-state index in [2.05, 4.69) is 362 Å². The number of aromatic nitrogens is 8. The minimum absolute atomic E-state index is 0.0142. The molecule has 0 atom stereocenters. The SMILES string of the molecule is CCc1ccc2c(n1)oc1c(-c3cc(CC(C)(C)C)cc[n+]3C)c(C)ccc12.Cc1ccc2c(oc3nc(C(C)(C)C)ccc32)c1-c1cc(CC(C)(C)C)cc[n+]1C.Cc1ccc2c(oc3nc(CC(C)C)ccc32)c1-c1cc(CC(C)(C)C)cc[n+]1C.[2H]C(C)(C)c1ccc2c(n1)oc1c(-c3cc(CC(C)(C)C)cc[n+]3C)c(C)ccc12. The molecule has 0 radical (unpaired) electrons. The smallest absolute Gasteiger partial charge is 0.227 e. The molecule has 117 heavy (non-hydrogen) atoms. The van der Waals surface area contributed by atoms with Gasteiger partial charge in [0.05, 0.1) is 22.3 Å². The van der Waals surface area contributed by atoms with E-state index in [0.717, 1.165) is 166 Å². The average molecular weight is 1570 g/mol. The van der Waals surface area contributed by atoms with Crippen LogP contribution in [0.5, 0.6) is 0 Å². The molecular formula is C105H126N8O4+4. The highest BCUT2D eigenvalue weighted by Gasteiger charge is 2.30. The molecule has 0 saturated carbocycles. The van der Waals surface area contributed by atoms with Crippen LogP contribution in [0.4, 0.5) is 0 Å². The maximum atomic E-state index is 8.31. The van der Waals surface area contributed by atoms with E-state index < -0.39 is 5.89 Å². The van der Waals surface area contributed by atoms with Crippen molar-refractivity contribution in [3.8, 4) is 45.0 Å². The Morgan fingerprint density at radius 1 is 0.333 bits per heavy atom. The van der Waals surface area contributed by atoms with Crippen molar-refractivity contribution < 1.29 is 37.3 Å². The van der Waals surface area contributed by atoms with Gasteiger partial charge in [0.1, 0.15) is 28.2 Å². The van der Waals surface area contributed by atoms with E-state index in [1.165, 1.54) is 61.6 Å². The third kappa shape index (κ3) is 18.7. The molecule has 0 amide bonds. The average Bonchev–Trinajstić information content (AvgIpc) is 1.60. The van der Waals surface area contributed by atoms with E-state index in [1.807, 2.05) is 26.0 Å². The van der Waals surface area contributed by atoms with Gasteiger partial charge in [-0.25, -0.2) is 38.2 Å². The highest BCUT2D eigenvalue weighted by Crippen LogP contribution is 2.43. The van der Waals surface area contributed by atoms with Gasteiger partial charge in [0.2, 0.25) is 45.6 Å². The highest BCUT2D eigenvalue weighted by molar-refractivity contribution is 6.12. The van der Waals surface area contributed by atoms with Crippen molar-refractivity contribution in [2.75, 3.05) is 0 Å². The van der Waals surface area contributed by atoms with Crippen LogP contribution in [0.3, 0.4) is 0 Å². The molecule has 0 aliphatic rings. The fourth-order valence-electron chi connectivity index (χ4n) is 16.4. The second kappa shape index (κ2) is 32.6. The van der Waals surface area contributed by atoms with Gasteiger partial charge in [-0.05, 0) is 193 Å². The van der Waals surface area contributed by atoms with Gasteiger partial charge in [0.15, 0.2) is 47.1 Å². The van der Waals surface area contributed by atoms with Gasteiger partial charge in [0.25, 0.3) is 0 Å². The monoisotopic (exact) mass is 1560 g/mol. The Bertz CT molecular complexity index is 6280. The molecule has 606 valence electrons. The predicted octanol–water partition coefficient (Wildman–Crippen LogP) is 25.7. The lowest BCUT2D eigenvalue weighted by Gasteiger charge is -2.18. The fourth-order valence-corrected chi connectivity index (χ4v) is 16.4. The van der Waals surface area contributed by atoms with Crippen LogP contribution in [0.25, 0.3) is 133 Å². The van der Waals surface area contributed by atoms with Crippen LogP contribution < -0.4 is 18.3 Å². The Labute approximate surface area is 695 Å². The molecule has 12 heteroatoms. The lowest BCUT2D eigenvalue weighted by molar-refractivity contribution is -0.660. The van der Waals surface area contributed by atoms with E-state index in [1.54, 1.807) is 0 Å². The molecule has 4 aromatic carbocycles. The standard InChI is InChI=1S/2C27H33N2O.C26H31N2O.C25H29N2O/c1-17-9-10-19-20-11-12-22(27(5,6)7)28-25(20)30-24(19)23(17)21-15-18(13-14-29(21)8)16-26(2,3)4;1-17(2)14-20-9-11-22-21-10-8-18(3)24(25(21)30-26(22)28-20)23-15-19(12-13-29(23)7)16-27(4,5)6;1-16(2)21-11-10-20-19-9-8-17(3)23(24(19)29-25(20)27-21)22-14-18(12-13-28(22)7)15-26(4,5)6;1-7-18-9-11-20-19-10-8-16(2)22(23(19)28-24(20)26-18)21-14-17(12-13-27(21)6)15-25(3,4)5/h9-15H,16H2,1-8H3;8-13,15,17H,14,16H2,1-7H3;8-14,16H,15H2,1-7H3;8-14H,7,15H2,1-6H3/q4*+1/i;;16D;. The summed E-state index contributed by atoms with van der Waals surface area (Å²) in [6.45, 7) is 52.7. The second-order valence-electron chi connectivity index (χ2n) is 39.6. The summed E-state index contributed by atoms with van der Waals surface area (Å²) in [5.41, 5.74) is 30.7. The molecule has 0 fully saturated rings. The topological polar surface area (TPSA) is 120 Å². The number of hydrogen-bond acceptors (Lipinski definition) is 8. The molecular weight excluding hydrogens is 1440 g/mol. The van der Waals surface area contributed by atoms with E-state index >= 15 is 0 Å². The summed E-state index contributed by atoms with van der Waals surface area (Å²) in [7, 11) is 8.39. The van der Waals surface area contributed by atoms with E-state index in [0.29, 0.717) is 17.3 Å². The molecule has 16 rings (SSSR count). The maximum Gasteiger partial charge on any atom is 0.227 e. The normalized spacial score (nSPS) is 12.7. The Balaban J connectivity index is 0.000000136. The lowest BCUT2D eigenvalue weighted by Crippen LogP contribution is -2.31. The summed E-state index contributed by atoms with van der Waals surface area (Å²) in [5, 5.41) is 8.70. The Morgan fingerprint density at radius 3 is 0.897 bits per heavy atom. The van der Waals surface area contributed by atoms with Gasteiger partial charge in [-0.1, -0.05) is 187 Å². The van der Waals surface area contributed by atoms with Crippen molar-refractivity contribution in [2.24, 2.45) is 55.8 Å². The number of hydrogen-bond donors (Lipinski definition) is 0. The molecule has 12 aromatic heterocycles. The van der Waals surface area contributed by atoms with Crippen LogP contribution in [-0.4, -0.2) is 19.9 Å². The second-order valence-corrected chi connectivity index (χ2v) is 39.6. The first-order valence-corrected chi connectivity index (χ1v) is 42.0. The molecule has 0 saturated heterocycles. The molecule has 0 aliphatic carbocycles. The molecule has 12 heterocycles. The maximum absolute atomic E-state index is 8.31. The molecule has 12 nitrogen and oxygen atoms in total. The first kappa shape index (κ1) is 82.8. The van der Waals surface area contributed by atoms with Crippen LogP contribution in [-0.2, 0) is 72.1 Å². The summed E-state index contributed by atoms with van der Waals surface area (Å²) in [4.78, 5) is 19.1. The number of benzene rings is 4. The van der Waals surface area contributed by atoms with Crippen molar-refractivity contribution >= 4 is 88.3 Å². The van der Waals surface area contributed by atoms with Gasteiger partial charge in [-0.3, -0.25) is 0 Å².